The van der Waals surface area contributed by atoms with Crippen molar-refractivity contribution < 1.29 is 18.7 Å². The number of halogens is 2. The average molecular weight is 434 g/mol. The second kappa shape index (κ2) is 7.80. The lowest BCUT2D eigenvalue weighted by Crippen LogP contribution is -2.15. The summed E-state index contributed by atoms with van der Waals surface area (Å²) in [6.45, 7) is 0. The van der Waals surface area contributed by atoms with Crippen molar-refractivity contribution in [3.8, 4) is 11.1 Å². The molecule has 0 fully saturated rings. The number of anilines is 1. The first-order chi connectivity index (χ1) is 12.5. The monoisotopic (exact) mass is 433 g/mol. The minimum atomic E-state index is -0.630. The SMILES string of the molecule is COC(=O)c1c(-c2ccc(Br)cc2)csc1NC(=O)c1ccccc1F. The Bertz CT molecular complexity index is 969. The molecule has 0 radical (unpaired) electrons. The molecule has 2 aromatic carbocycles. The summed E-state index contributed by atoms with van der Waals surface area (Å²) in [7, 11) is 1.27. The number of hydrogen-bond acceptors (Lipinski definition) is 4. The van der Waals surface area contributed by atoms with Gasteiger partial charge in [-0.3, -0.25) is 4.79 Å². The zero-order chi connectivity index (χ0) is 18.7. The Morgan fingerprint density at radius 1 is 1.12 bits per heavy atom. The van der Waals surface area contributed by atoms with Gasteiger partial charge in [-0.25, -0.2) is 9.18 Å². The molecule has 0 aliphatic carbocycles. The van der Waals surface area contributed by atoms with E-state index in [0.29, 0.717) is 10.6 Å². The van der Waals surface area contributed by atoms with E-state index in [2.05, 4.69) is 21.2 Å². The number of nitrogens with one attached hydrogen (secondary N) is 1. The highest BCUT2D eigenvalue weighted by molar-refractivity contribution is 9.10. The number of carbonyl (C=O) groups is 2. The molecule has 3 rings (SSSR count). The third-order valence-electron chi connectivity index (χ3n) is 3.68. The first kappa shape index (κ1) is 18.3. The Morgan fingerprint density at radius 3 is 2.46 bits per heavy atom. The predicted octanol–water partition coefficient (Wildman–Crippen LogP) is 5.36. The van der Waals surface area contributed by atoms with Gasteiger partial charge in [0.1, 0.15) is 16.4 Å². The van der Waals surface area contributed by atoms with Gasteiger partial charge in [-0.05, 0) is 29.8 Å². The van der Waals surface area contributed by atoms with Crippen LogP contribution < -0.4 is 5.32 Å². The van der Waals surface area contributed by atoms with E-state index in [1.54, 1.807) is 11.4 Å². The lowest BCUT2D eigenvalue weighted by atomic mass is 10.0. The number of carbonyl (C=O) groups excluding carboxylic acids is 2. The second-order valence-corrected chi connectivity index (χ2v) is 7.08. The van der Waals surface area contributed by atoms with Crippen LogP contribution >= 0.6 is 27.3 Å². The predicted molar refractivity (Wildman–Crippen MR) is 103 cm³/mol. The number of hydrogen-bond donors (Lipinski definition) is 1. The standard InChI is InChI=1S/C19H13BrFNO3S/c1-25-19(24)16-14(11-6-8-12(20)9-7-11)10-26-18(16)22-17(23)13-4-2-3-5-15(13)21/h2-10H,1H3,(H,22,23). The number of rotatable bonds is 4. The van der Waals surface area contributed by atoms with Gasteiger partial charge >= 0.3 is 5.97 Å². The minimum absolute atomic E-state index is 0.0955. The number of esters is 1. The molecule has 3 aromatic rings. The first-order valence-corrected chi connectivity index (χ1v) is 9.20. The summed E-state index contributed by atoms with van der Waals surface area (Å²) in [4.78, 5) is 24.7. The smallest absolute Gasteiger partial charge is 0.341 e. The Hall–Kier alpha value is -2.51. The van der Waals surface area contributed by atoms with E-state index in [1.165, 1.54) is 36.6 Å². The maximum absolute atomic E-state index is 13.8. The van der Waals surface area contributed by atoms with E-state index < -0.39 is 17.7 Å². The van der Waals surface area contributed by atoms with Crippen LogP contribution in [-0.2, 0) is 4.74 Å². The molecule has 4 nitrogen and oxygen atoms in total. The Morgan fingerprint density at radius 2 is 1.81 bits per heavy atom. The molecule has 0 saturated carbocycles. The fourth-order valence-electron chi connectivity index (χ4n) is 2.41. The zero-order valence-corrected chi connectivity index (χ0v) is 16.0. The quantitative estimate of drug-likeness (QED) is 0.563. The molecule has 1 N–H and O–H groups in total. The van der Waals surface area contributed by atoms with Crippen molar-refractivity contribution in [3.05, 3.63) is 75.3 Å². The van der Waals surface area contributed by atoms with Gasteiger partial charge in [0.05, 0.1) is 12.7 Å². The molecule has 0 aliphatic rings. The van der Waals surface area contributed by atoms with Gasteiger partial charge in [0, 0.05) is 15.4 Å². The van der Waals surface area contributed by atoms with Crippen LogP contribution in [0.2, 0.25) is 0 Å². The summed E-state index contributed by atoms with van der Waals surface area (Å²) in [5.41, 5.74) is 1.58. The van der Waals surface area contributed by atoms with Crippen molar-refractivity contribution in [2.24, 2.45) is 0 Å². The van der Waals surface area contributed by atoms with E-state index in [9.17, 15) is 14.0 Å². The summed E-state index contributed by atoms with van der Waals surface area (Å²) >= 11 is 4.55. The molecule has 0 saturated heterocycles. The van der Waals surface area contributed by atoms with Crippen molar-refractivity contribution in [3.63, 3.8) is 0 Å². The summed E-state index contributed by atoms with van der Waals surface area (Å²) in [6, 6.07) is 13.1. The lowest BCUT2D eigenvalue weighted by molar-refractivity contribution is 0.0603. The molecule has 0 spiro atoms. The van der Waals surface area contributed by atoms with Crippen LogP contribution in [0.1, 0.15) is 20.7 Å². The minimum Gasteiger partial charge on any atom is -0.465 e. The summed E-state index contributed by atoms with van der Waals surface area (Å²) in [5.74, 6) is -1.83. The van der Waals surface area contributed by atoms with E-state index >= 15 is 0 Å². The fourth-order valence-corrected chi connectivity index (χ4v) is 3.63. The topological polar surface area (TPSA) is 55.4 Å². The third kappa shape index (κ3) is 3.68. The van der Waals surface area contributed by atoms with Crippen molar-refractivity contribution in [2.75, 3.05) is 12.4 Å². The largest absolute Gasteiger partial charge is 0.465 e. The lowest BCUT2D eigenvalue weighted by Gasteiger charge is -2.08. The van der Waals surface area contributed by atoms with Crippen molar-refractivity contribution in [1.29, 1.82) is 0 Å². The van der Waals surface area contributed by atoms with Gasteiger partial charge < -0.3 is 10.1 Å². The molecule has 132 valence electrons. The normalized spacial score (nSPS) is 10.4. The van der Waals surface area contributed by atoms with Crippen molar-refractivity contribution in [2.45, 2.75) is 0 Å². The van der Waals surface area contributed by atoms with Gasteiger partial charge in [0.2, 0.25) is 0 Å². The Kier molecular flexibility index (Phi) is 5.49. The Balaban J connectivity index is 2.00. The molecule has 7 heteroatoms. The Labute approximate surface area is 161 Å². The highest BCUT2D eigenvalue weighted by atomic mass is 79.9. The molecular weight excluding hydrogens is 421 g/mol. The van der Waals surface area contributed by atoms with Crippen LogP contribution in [0, 0.1) is 5.82 Å². The average Bonchev–Trinajstić information content (AvgIpc) is 3.05. The van der Waals surface area contributed by atoms with Crippen LogP contribution in [0.5, 0.6) is 0 Å². The molecule has 1 heterocycles. The number of benzene rings is 2. The maximum atomic E-state index is 13.8. The number of amides is 1. The van der Waals surface area contributed by atoms with Crippen LogP contribution in [0.3, 0.4) is 0 Å². The van der Waals surface area contributed by atoms with Gasteiger partial charge in [-0.1, -0.05) is 40.2 Å². The van der Waals surface area contributed by atoms with Crippen molar-refractivity contribution >= 4 is 44.1 Å². The van der Waals surface area contributed by atoms with E-state index in [4.69, 9.17) is 4.74 Å². The summed E-state index contributed by atoms with van der Waals surface area (Å²) in [5, 5.41) is 4.68. The highest BCUT2D eigenvalue weighted by Crippen LogP contribution is 2.36. The summed E-state index contributed by atoms with van der Waals surface area (Å²) in [6.07, 6.45) is 0. The van der Waals surface area contributed by atoms with Gasteiger partial charge in [0.25, 0.3) is 5.91 Å². The highest BCUT2D eigenvalue weighted by Gasteiger charge is 2.23. The molecule has 0 atom stereocenters. The molecule has 26 heavy (non-hydrogen) atoms. The van der Waals surface area contributed by atoms with E-state index in [1.807, 2.05) is 24.3 Å². The van der Waals surface area contributed by atoms with Gasteiger partial charge in [-0.15, -0.1) is 11.3 Å². The zero-order valence-electron chi connectivity index (χ0n) is 13.6. The fraction of sp³-hybridized carbons (Fsp3) is 0.0526. The van der Waals surface area contributed by atoms with E-state index in [0.717, 1.165) is 10.0 Å². The first-order valence-electron chi connectivity index (χ1n) is 7.53. The summed E-state index contributed by atoms with van der Waals surface area (Å²) < 4.78 is 19.6. The van der Waals surface area contributed by atoms with Crippen LogP contribution in [-0.4, -0.2) is 19.0 Å². The number of methoxy groups -OCH3 is 1. The number of thiophene rings is 1. The molecule has 1 amide bonds. The van der Waals surface area contributed by atoms with E-state index in [-0.39, 0.29) is 11.1 Å². The second-order valence-electron chi connectivity index (χ2n) is 5.29. The van der Waals surface area contributed by atoms with Crippen molar-refractivity contribution in [1.82, 2.24) is 0 Å². The maximum Gasteiger partial charge on any atom is 0.341 e. The number of ether oxygens (including phenoxy) is 1. The van der Waals surface area contributed by atoms with Gasteiger partial charge in [-0.2, -0.15) is 0 Å². The van der Waals surface area contributed by atoms with Gasteiger partial charge in [0.15, 0.2) is 0 Å². The molecule has 1 aromatic heterocycles. The molecule has 0 unspecified atom stereocenters. The molecular formula is C19H13BrFNO3S. The molecule has 0 bridgehead atoms. The van der Waals surface area contributed by atoms with Crippen LogP contribution in [0.4, 0.5) is 9.39 Å². The van der Waals surface area contributed by atoms with Crippen LogP contribution in [0.25, 0.3) is 11.1 Å². The molecule has 0 aliphatic heterocycles. The van der Waals surface area contributed by atoms with Crippen LogP contribution in [0.15, 0.2) is 58.4 Å². The third-order valence-corrected chi connectivity index (χ3v) is 5.11.